The van der Waals surface area contributed by atoms with Gasteiger partial charge in [0.25, 0.3) is 0 Å². The monoisotopic (exact) mass is 318 g/mol. The zero-order valence-corrected chi connectivity index (χ0v) is 13.3. The van der Waals surface area contributed by atoms with Crippen LogP contribution >= 0.6 is 0 Å². The normalized spacial score (nSPS) is 23.8. The molecule has 0 aliphatic heterocycles. The summed E-state index contributed by atoms with van der Waals surface area (Å²) in [5.41, 5.74) is -3.40. The van der Waals surface area contributed by atoms with Gasteiger partial charge >= 0.3 is 0 Å². The van der Waals surface area contributed by atoms with E-state index in [9.17, 15) is 25.8 Å². The minimum Gasteiger partial charge on any atom is -0.497 e. The predicted molar refractivity (Wildman–Crippen MR) is 81.8 cm³/mol. The summed E-state index contributed by atoms with van der Waals surface area (Å²) in [5, 5.41) is 38.8. The van der Waals surface area contributed by atoms with Crippen LogP contribution in [-0.4, -0.2) is 12.9 Å². The number of methoxy groups -OCH3 is 1. The van der Waals surface area contributed by atoms with E-state index < -0.39 is 22.7 Å². The summed E-state index contributed by atoms with van der Waals surface area (Å²) in [5.74, 6) is -1.59. The maximum Gasteiger partial charge on any atom is 0.185 e. The Morgan fingerprint density at radius 3 is 1.92 bits per heavy atom. The second kappa shape index (κ2) is 6.04. The van der Waals surface area contributed by atoms with Gasteiger partial charge in [-0.2, -0.15) is 21.0 Å². The number of hydrogen-bond acceptors (Lipinski definition) is 6. The van der Waals surface area contributed by atoms with Crippen molar-refractivity contribution >= 4 is 5.78 Å². The molecule has 24 heavy (non-hydrogen) atoms. The summed E-state index contributed by atoms with van der Waals surface area (Å²) in [6.45, 7) is 1.43. The third kappa shape index (κ3) is 2.02. The quantitative estimate of drug-likeness (QED) is 0.825. The number of hydrogen-bond donors (Lipinski definition) is 0. The van der Waals surface area contributed by atoms with Crippen molar-refractivity contribution in [1.29, 1.82) is 21.0 Å². The molecule has 0 amide bonds. The van der Waals surface area contributed by atoms with Gasteiger partial charge in [-0.05, 0) is 17.7 Å². The highest BCUT2D eigenvalue weighted by molar-refractivity contribution is 5.86. The van der Waals surface area contributed by atoms with Gasteiger partial charge in [-0.1, -0.05) is 19.1 Å². The van der Waals surface area contributed by atoms with Gasteiger partial charge in [-0.15, -0.1) is 0 Å². The molecule has 0 bridgehead atoms. The van der Waals surface area contributed by atoms with Crippen LogP contribution in [0.4, 0.5) is 0 Å². The maximum atomic E-state index is 12.4. The molecule has 118 valence electrons. The molecule has 1 aliphatic rings. The number of benzene rings is 1. The van der Waals surface area contributed by atoms with Crippen LogP contribution in [0.3, 0.4) is 0 Å². The average molecular weight is 318 g/mol. The smallest absolute Gasteiger partial charge is 0.185 e. The van der Waals surface area contributed by atoms with E-state index in [4.69, 9.17) is 4.74 Å². The van der Waals surface area contributed by atoms with E-state index in [1.807, 2.05) is 24.3 Å². The van der Waals surface area contributed by atoms with Gasteiger partial charge in [-0.3, -0.25) is 4.79 Å². The van der Waals surface area contributed by atoms with Crippen molar-refractivity contribution in [3.8, 4) is 30.0 Å². The molecule has 0 unspecified atom stereocenters. The highest BCUT2D eigenvalue weighted by Gasteiger charge is 2.66. The van der Waals surface area contributed by atoms with Crippen LogP contribution in [0.15, 0.2) is 24.3 Å². The van der Waals surface area contributed by atoms with Gasteiger partial charge in [0.05, 0.1) is 31.4 Å². The molecular weight excluding hydrogens is 304 g/mol. The Kier molecular flexibility index (Phi) is 4.28. The molecule has 0 radical (unpaired) electrons. The van der Waals surface area contributed by atoms with Gasteiger partial charge < -0.3 is 4.74 Å². The Morgan fingerprint density at radius 1 is 1.00 bits per heavy atom. The van der Waals surface area contributed by atoms with Crippen LogP contribution in [0.1, 0.15) is 24.8 Å². The van der Waals surface area contributed by atoms with Gasteiger partial charge in [0.2, 0.25) is 0 Å². The minimum absolute atomic E-state index is 0.0697. The van der Waals surface area contributed by atoms with Crippen LogP contribution in [0.5, 0.6) is 5.75 Å². The van der Waals surface area contributed by atoms with E-state index in [-0.39, 0.29) is 12.2 Å². The van der Waals surface area contributed by atoms with Crippen molar-refractivity contribution in [2.45, 2.75) is 19.3 Å². The van der Waals surface area contributed by atoms with Crippen LogP contribution in [0.2, 0.25) is 0 Å². The second-order valence-electron chi connectivity index (χ2n) is 5.78. The highest BCUT2D eigenvalue weighted by Crippen LogP contribution is 2.58. The van der Waals surface area contributed by atoms with E-state index in [1.165, 1.54) is 14.0 Å². The molecule has 1 aromatic carbocycles. The fourth-order valence-electron chi connectivity index (χ4n) is 3.35. The van der Waals surface area contributed by atoms with Crippen molar-refractivity contribution < 1.29 is 9.53 Å². The van der Waals surface area contributed by atoms with Gasteiger partial charge in [0.1, 0.15) is 11.5 Å². The lowest BCUT2D eigenvalue weighted by Gasteiger charge is -2.44. The second-order valence-corrected chi connectivity index (χ2v) is 5.78. The summed E-state index contributed by atoms with van der Waals surface area (Å²) < 4.78 is 5.08. The third-order valence-corrected chi connectivity index (χ3v) is 4.91. The number of ether oxygens (including phenoxy) is 1. The zero-order valence-electron chi connectivity index (χ0n) is 13.3. The summed E-state index contributed by atoms with van der Waals surface area (Å²) in [7, 11) is 1.51. The predicted octanol–water partition coefficient (Wildman–Crippen LogP) is 2.45. The summed E-state index contributed by atoms with van der Waals surface area (Å²) in [6.07, 6.45) is -0.0697. The fraction of sp³-hybridized carbons (Fsp3) is 0.389. The van der Waals surface area contributed by atoms with E-state index in [2.05, 4.69) is 0 Å². The number of rotatable bonds is 2. The van der Waals surface area contributed by atoms with E-state index >= 15 is 0 Å². The van der Waals surface area contributed by atoms with E-state index in [0.717, 1.165) is 0 Å². The molecule has 2 atom stereocenters. The Labute approximate surface area is 140 Å². The van der Waals surface area contributed by atoms with Gasteiger partial charge in [0.15, 0.2) is 10.8 Å². The van der Waals surface area contributed by atoms with Crippen LogP contribution in [0, 0.1) is 62.1 Å². The van der Waals surface area contributed by atoms with Crippen molar-refractivity contribution in [2.24, 2.45) is 16.7 Å². The van der Waals surface area contributed by atoms with E-state index in [1.54, 1.807) is 24.3 Å². The summed E-state index contributed by atoms with van der Waals surface area (Å²) >= 11 is 0. The minimum atomic E-state index is -2.02. The standard InChI is InChI=1S/C18H14N4O2/c1-12-16(23)7-15(13-3-5-14(24-2)6-4-13)18(10-21,11-22)17(12,8-19)9-20/h3-6,12,15H,7H2,1-2H3/t12-,15+/m0/s1. The van der Waals surface area contributed by atoms with E-state index in [0.29, 0.717) is 11.3 Å². The molecule has 1 saturated carbocycles. The molecule has 0 saturated heterocycles. The molecule has 1 aromatic rings. The Hall–Kier alpha value is -3.35. The SMILES string of the molecule is COc1ccc([C@H]2CC(=O)[C@H](C)C(C#N)(C#N)C2(C#N)C#N)cc1. The first-order valence-corrected chi connectivity index (χ1v) is 7.28. The number of ketones is 1. The average Bonchev–Trinajstić information content (AvgIpc) is 2.64. The topological polar surface area (TPSA) is 121 Å². The number of Topliss-reactive ketones (excluding diaryl/α,β-unsaturated/α-hetero) is 1. The van der Waals surface area contributed by atoms with Crippen LogP contribution < -0.4 is 4.74 Å². The van der Waals surface area contributed by atoms with Crippen molar-refractivity contribution in [3.63, 3.8) is 0 Å². The molecule has 1 aliphatic carbocycles. The zero-order chi connectivity index (χ0) is 18.0. The van der Waals surface area contributed by atoms with Gasteiger partial charge in [-0.25, -0.2) is 0 Å². The fourth-order valence-corrected chi connectivity index (χ4v) is 3.35. The number of nitrogens with zero attached hydrogens (tertiary/aromatic N) is 4. The molecule has 0 heterocycles. The largest absolute Gasteiger partial charge is 0.497 e. The molecular formula is C18H14N4O2. The Bertz CT molecular complexity index is 802. The molecule has 1 fully saturated rings. The summed E-state index contributed by atoms with van der Waals surface area (Å²) in [4.78, 5) is 12.4. The van der Waals surface area contributed by atoms with Crippen molar-refractivity contribution in [1.82, 2.24) is 0 Å². The van der Waals surface area contributed by atoms with Gasteiger partial charge in [0, 0.05) is 18.3 Å². The lowest BCUT2D eigenvalue weighted by molar-refractivity contribution is -0.130. The Balaban J connectivity index is 2.73. The highest BCUT2D eigenvalue weighted by atomic mass is 16.5. The third-order valence-electron chi connectivity index (χ3n) is 4.91. The molecule has 0 aromatic heterocycles. The number of carbonyl (C=O) groups is 1. The summed E-state index contributed by atoms with van der Waals surface area (Å²) in [6, 6.07) is 14.0. The number of nitriles is 4. The lowest BCUT2D eigenvalue weighted by Crippen LogP contribution is -2.53. The van der Waals surface area contributed by atoms with Crippen molar-refractivity contribution in [3.05, 3.63) is 29.8 Å². The first-order valence-electron chi connectivity index (χ1n) is 7.28. The van der Waals surface area contributed by atoms with Crippen LogP contribution in [0.25, 0.3) is 0 Å². The first kappa shape index (κ1) is 17.0. The Morgan fingerprint density at radius 2 is 1.50 bits per heavy atom. The number of carbonyl (C=O) groups excluding carboxylic acids is 1. The van der Waals surface area contributed by atoms with Crippen LogP contribution in [-0.2, 0) is 4.79 Å². The molecule has 0 N–H and O–H groups in total. The van der Waals surface area contributed by atoms with Crippen molar-refractivity contribution in [2.75, 3.05) is 7.11 Å². The molecule has 6 nitrogen and oxygen atoms in total. The molecule has 6 heteroatoms. The lowest BCUT2D eigenvalue weighted by atomic mass is 9.48. The molecule has 2 rings (SSSR count). The molecule has 0 spiro atoms. The maximum absolute atomic E-state index is 12.4. The first-order chi connectivity index (χ1) is 11.5.